The topological polar surface area (TPSA) is 133 Å². The van der Waals surface area contributed by atoms with Gasteiger partial charge in [-0.3, -0.25) is 4.79 Å². The van der Waals surface area contributed by atoms with Crippen molar-refractivity contribution in [2.75, 3.05) is 0 Å². The van der Waals surface area contributed by atoms with Gasteiger partial charge in [0.1, 0.15) is 0 Å². The van der Waals surface area contributed by atoms with Crippen LogP contribution in [0.1, 0.15) is 19.7 Å². The van der Waals surface area contributed by atoms with Gasteiger partial charge < -0.3 is 15.7 Å². The van der Waals surface area contributed by atoms with Crippen LogP contribution in [-0.4, -0.2) is 43.8 Å². The number of carbonyl (C=O) groups excluding carboxylic acids is 1. The number of hydrogen-bond donors (Lipinski definition) is 4. The maximum atomic E-state index is 11.4. The van der Waals surface area contributed by atoms with E-state index in [0.29, 0.717) is 5.82 Å². The van der Waals surface area contributed by atoms with Crippen LogP contribution in [0.3, 0.4) is 0 Å². The van der Waals surface area contributed by atoms with E-state index in [1.165, 1.54) is 6.92 Å². The Morgan fingerprint density at radius 2 is 2.18 bits per heavy atom. The fourth-order valence-corrected chi connectivity index (χ4v) is 1.01. The molecule has 94 valence electrons. The van der Waals surface area contributed by atoms with Crippen LogP contribution in [0.15, 0.2) is 0 Å². The first kappa shape index (κ1) is 12.9. The minimum Gasteiger partial charge on any atom is -0.481 e. The highest BCUT2D eigenvalue weighted by molar-refractivity contribution is 5.76. The second-order valence-corrected chi connectivity index (χ2v) is 3.57. The van der Waals surface area contributed by atoms with Crippen molar-refractivity contribution >= 4 is 12.0 Å². The molecular formula is C8H14N6O3. The van der Waals surface area contributed by atoms with E-state index in [4.69, 9.17) is 5.11 Å². The highest BCUT2D eigenvalue weighted by Crippen LogP contribution is 2.01. The molecule has 9 nitrogen and oxygen atoms in total. The Kier molecular flexibility index (Phi) is 4.37. The van der Waals surface area contributed by atoms with Crippen molar-refractivity contribution in [1.29, 1.82) is 0 Å². The Labute approximate surface area is 97.0 Å². The Bertz CT molecular complexity index is 379. The van der Waals surface area contributed by atoms with Crippen LogP contribution in [-0.2, 0) is 11.3 Å². The molecule has 0 spiro atoms. The fourth-order valence-electron chi connectivity index (χ4n) is 1.01. The lowest BCUT2D eigenvalue weighted by Gasteiger charge is -2.17. The first-order valence-corrected chi connectivity index (χ1v) is 5.00. The van der Waals surface area contributed by atoms with Crippen LogP contribution >= 0.6 is 0 Å². The van der Waals surface area contributed by atoms with Gasteiger partial charge in [0, 0.05) is 6.04 Å². The number of carboxylic acids is 1. The molecule has 0 radical (unpaired) electrons. The Hall–Kier alpha value is -2.19. The third-order valence-electron chi connectivity index (χ3n) is 2.29. The van der Waals surface area contributed by atoms with Gasteiger partial charge in [0.15, 0.2) is 5.82 Å². The van der Waals surface area contributed by atoms with Gasteiger partial charge in [-0.05, 0) is 13.8 Å². The molecule has 2 amide bonds. The highest BCUT2D eigenvalue weighted by atomic mass is 16.4. The quantitative estimate of drug-likeness (QED) is 0.529. The molecular weight excluding hydrogens is 228 g/mol. The van der Waals surface area contributed by atoms with Crippen molar-refractivity contribution in [3.8, 4) is 0 Å². The van der Waals surface area contributed by atoms with E-state index in [2.05, 4.69) is 31.3 Å². The molecule has 0 fully saturated rings. The second-order valence-electron chi connectivity index (χ2n) is 3.57. The molecule has 9 heteroatoms. The van der Waals surface area contributed by atoms with E-state index in [-0.39, 0.29) is 6.54 Å². The number of aliphatic carboxylic acids is 1. The molecule has 0 saturated carbocycles. The number of H-pyrrole nitrogens is 1. The lowest BCUT2D eigenvalue weighted by Crippen LogP contribution is -2.45. The van der Waals surface area contributed by atoms with Crippen LogP contribution in [0.2, 0.25) is 0 Å². The maximum Gasteiger partial charge on any atom is 0.315 e. The van der Waals surface area contributed by atoms with Crippen molar-refractivity contribution in [2.45, 2.75) is 26.4 Å². The van der Waals surface area contributed by atoms with E-state index >= 15 is 0 Å². The molecule has 2 unspecified atom stereocenters. The summed E-state index contributed by atoms with van der Waals surface area (Å²) in [6.07, 6.45) is 0. The molecule has 0 aliphatic rings. The van der Waals surface area contributed by atoms with Crippen LogP contribution in [0, 0.1) is 5.92 Å². The summed E-state index contributed by atoms with van der Waals surface area (Å²) in [4.78, 5) is 22.0. The molecule has 1 heterocycles. The fraction of sp³-hybridized carbons (Fsp3) is 0.625. The SMILES string of the molecule is CC(NC(=O)NCc1nn[nH]n1)C(C)C(=O)O. The number of nitrogens with zero attached hydrogens (tertiary/aromatic N) is 3. The van der Waals surface area contributed by atoms with Gasteiger partial charge in [0.25, 0.3) is 0 Å². The number of aromatic nitrogens is 4. The third kappa shape index (κ3) is 4.05. The predicted octanol–water partition coefficient (Wildman–Crippen LogP) is -0.892. The first-order valence-electron chi connectivity index (χ1n) is 5.00. The predicted molar refractivity (Wildman–Crippen MR) is 55.8 cm³/mol. The van der Waals surface area contributed by atoms with Crippen molar-refractivity contribution in [1.82, 2.24) is 31.3 Å². The van der Waals surface area contributed by atoms with Gasteiger partial charge in [-0.1, -0.05) is 5.21 Å². The minimum absolute atomic E-state index is 0.122. The van der Waals surface area contributed by atoms with E-state index in [1.54, 1.807) is 6.92 Å². The average molecular weight is 242 g/mol. The Balaban J connectivity index is 2.32. The van der Waals surface area contributed by atoms with Gasteiger partial charge in [0.05, 0.1) is 12.5 Å². The van der Waals surface area contributed by atoms with Gasteiger partial charge in [0.2, 0.25) is 0 Å². The molecule has 0 aromatic carbocycles. The summed E-state index contributed by atoms with van der Waals surface area (Å²) < 4.78 is 0. The smallest absolute Gasteiger partial charge is 0.315 e. The molecule has 0 bridgehead atoms. The van der Waals surface area contributed by atoms with Crippen LogP contribution in [0.25, 0.3) is 0 Å². The van der Waals surface area contributed by atoms with Gasteiger partial charge in [-0.25, -0.2) is 4.79 Å². The van der Waals surface area contributed by atoms with Crippen molar-refractivity contribution in [3.05, 3.63) is 5.82 Å². The minimum atomic E-state index is -0.962. The first-order chi connectivity index (χ1) is 8.00. The molecule has 1 aromatic rings. The van der Waals surface area contributed by atoms with Crippen LogP contribution < -0.4 is 10.6 Å². The zero-order valence-corrected chi connectivity index (χ0v) is 9.47. The summed E-state index contributed by atoms with van der Waals surface area (Å²) in [6.45, 7) is 3.26. The highest BCUT2D eigenvalue weighted by Gasteiger charge is 2.20. The third-order valence-corrected chi connectivity index (χ3v) is 2.29. The zero-order chi connectivity index (χ0) is 12.8. The number of nitrogens with one attached hydrogen (secondary N) is 3. The standard InChI is InChI=1S/C8H14N6O3/c1-4(7(15)16)5(2)10-8(17)9-3-6-11-13-14-12-6/h4-5H,3H2,1-2H3,(H,15,16)(H2,9,10,17)(H,11,12,13,14). The summed E-state index contributed by atoms with van der Waals surface area (Å²) in [6, 6.07) is -0.951. The van der Waals surface area contributed by atoms with Crippen molar-refractivity contribution in [3.63, 3.8) is 0 Å². The summed E-state index contributed by atoms with van der Waals surface area (Å²) in [5.41, 5.74) is 0. The van der Waals surface area contributed by atoms with Crippen molar-refractivity contribution < 1.29 is 14.7 Å². The van der Waals surface area contributed by atoms with E-state index < -0.39 is 24.0 Å². The molecule has 17 heavy (non-hydrogen) atoms. The lowest BCUT2D eigenvalue weighted by molar-refractivity contribution is -0.141. The number of carbonyl (C=O) groups is 2. The average Bonchev–Trinajstić information content (AvgIpc) is 2.77. The lowest BCUT2D eigenvalue weighted by atomic mass is 10.0. The second kappa shape index (κ2) is 5.77. The molecule has 0 aliphatic heterocycles. The van der Waals surface area contributed by atoms with Gasteiger partial charge in [-0.2, -0.15) is 5.21 Å². The maximum absolute atomic E-state index is 11.4. The number of urea groups is 1. The summed E-state index contributed by atoms with van der Waals surface area (Å²) in [5.74, 6) is -1.28. The Morgan fingerprint density at radius 3 is 2.71 bits per heavy atom. The van der Waals surface area contributed by atoms with E-state index in [9.17, 15) is 9.59 Å². The number of rotatable bonds is 5. The number of amides is 2. The van der Waals surface area contributed by atoms with Gasteiger partial charge in [-0.15, -0.1) is 10.2 Å². The molecule has 0 saturated heterocycles. The molecule has 2 atom stereocenters. The summed E-state index contributed by atoms with van der Waals surface area (Å²) in [5, 5.41) is 26.6. The largest absolute Gasteiger partial charge is 0.481 e. The number of aromatic amines is 1. The number of hydrogen-bond acceptors (Lipinski definition) is 5. The zero-order valence-electron chi connectivity index (χ0n) is 9.47. The molecule has 1 aromatic heterocycles. The molecule has 4 N–H and O–H groups in total. The van der Waals surface area contributed by atoms with Crippen LogP contribution in [0.4, 0.5) is 4.79 Å². The Morgan fingerprint density at radius 1 is 1.47 bits per heavy atom. The normalized spacial score (nSPS) is 13.8. The number of tetrazole rings is 1. The summed E-state index contributed by atoms with van der Waals surface area (Å²) in [7, 11) is 0. The molecule has 1 rings (SSSR count). The van der Waals surface area contributed by atoms with Crippen LogP contribution in [0.5, 0.6) is 0 Å². The monoisotopic (exact) mass is 242 g/mol. The van der Waals surface area contributed by atoms with Gasteiger partial charge >= 0.3 is 12.0 Å². The molecule has 0 aliphatic carbocycles. The number of carboxylic acid groups (broad SMARTS) is 1. The van der Waals surface area contributed by atoms with E-state index in [1.807, 2.05) is 0 Å². The van der Waals surface area contributed by atoms with Crippen molar-refractivity contribution in [2.24, 2.45) is 5.92 Å². The summed E-state index contributed by atoms with van der Waals surface area (Å²) >= 11 is 0. The van der Waals surface area contributed by atoms with E-state index in [0.717, 1.165) is 0 Å².